The number of aromatic nitrogens is 2. The molecule has 3 aromatic rings. The predicted octanol–water partition coefficient (Wildman–Crippen LogP) is 3.25. The molecule has 2 heterocycles. The van der Waals surface area contributed by atoms with Crippen molar-refractivity contribution in [2.75, 3.05) is 0 Å². The Bertz CT molecular complexity index is 853. The fourth-order valence-corrected chi connectivity index (χ4v) is 2.45. The lowest BCUT2D eigenvalue weighted by Gasteiger charge is -2.13. The summed E-state index contributed by atoms with van der Waals surface area (Å²) in [5.41, 5.74) is 3.13. The van der Waals surface area contributed by atoms with Crippen LogP contribution in [0.4, 0.5) is 0 Å². The summed E-state index contributed by atoms with van der Waals surface area (Å²) in [6.45, 7) is 1.91. The molecule has 0 saturated heterocycles. The molecule has 0 fully saturated rings. The Kier molecular flexibility index (Phi) is 3.39. The number of phenols is 1. The lowest BCUT2D eigenvalue weighted by Crippen LogP contribution is -2.03. The molecular weight excluding hydrogens is 280 g/mol. The molecule has 0 aliphatic heterocycles. The van der Waals surface area contributed by atoms with E-state index in [1.807, 2.05) is 35.8 Å². The molecule has 0 saturated carbocycles. The number of rotatable bonds is 3. The van der Waals surface area contributed by atoms with Crippen molar-refractivity contribution < 1.29 is 15.0 Å². The molecule has 0 bridgehead atoms. The van der Waals surface area contributed by atoms with Gasteiger partial charge in [-0.15, -0.1) is 0 Å². The van der Waals surface area contributed by atoms with Crippen LogP contribution in [0.1, 0.15) is 16.1 Å². The summed E-state index contributed by atoms with van der Waals surface area (Å²) in [7, 11) is 0. The molecular formula is C17H14N2O3. The summed E-state index contributed by atoms with van der Waals surface area (Å²) in [5, 5.41) is 19.2. The lowest BCUT2D eigenvalue weighted by molar-refractivity contribution is 0.0696. The highest BCUT2D eigenvalue weighted by atomic mass is 16.4. The first-order valence-electron chi connectivity index (χ1n) is 6.73. The van der Waals surface area contributed by atoms with Gasteiger partial charge in [0.2, 0.25) is 0 Å². The Hall–Kier alpha value is -3.08. The number of benzene rings is 1. The molecule has 1 aromatic carbocycles. The summed E-state index contributed by atoms with van der Waals surface area (Å²) in [5.74, 6) is -0.854. The molecule has 3 rings (SSSR count). The van der Waals surface area contributed by atoms with Crippen molar-refractivity contribution in [2.24, 2.45) is 0 Å². The van der Waals surface area contributed by atoms with Crippen LogP contribution in [0.25, 0.3) is 16.9 Å². The zero-order valence-corrected chi connectivity index (χ0v) is 11.9. The normalized spacial score (nSPS) is 10.6. The Balaban J connectivity index is 2.21. The van der Waals surface area contributed by atoms with Gasteiger partial charge in [-0.2, -0.15) is 0 Å². The van der Waals surface area contributed by atoms with Gasteiger partial charge in [0, 0.05) is 17.5 Å². The number of carboxylic acids is 1. The van der Waals surface area contributed by atoms with Gasteiger partial charge in [0.05, 0.1) is 23.1 Å². The van der Waals surface area contributed by atoms with Crippen LogP contribution in [0.15, 0.2) is 54.9 Å². The number of pyridine rings is 1. The minimum atomic E-state index is -1.02. The summed E-state index contributed by atoms with van der Waals surface area (Å²) >= 11 is 0. The summed E-state index contributed by atoms with van der Waals surface area (Å²) in [6.07, 6.45) is 2.91. The molecule has 0 atom stereocenters. The maximum absolute atomic E-state index is 11.1. The minimum absolute atomic E-state index is 0.119. The molecule has 0 amide bonds. The summed E-state index contributed by atoms with van der Waals surface area (Å²) in [4.78, 5) is 15.1. The zero-order valence-electron chi connectivity index (χ0n) is 11.9. The molecule has 110 valence electrons. The first kappa shape index (κ1) is 13.9. The van der Waals surface area contributed by atoms with Crippen LogP contribution in [0.3, 0.4) is 0 Å². The summed E-state index contributed by atoms with van der Waals surface area (Å²) < 4.78 is 1.87. The van der Waals surface area contributed by atoms with Gasteiger partial charge >= 0.3 is 5.97 Å². The van der Waals surface area contributed by atoms with E-state index in [2.05, 4.69) is 4.98 Å². The maximum Gasteiger partial charge on any atom is 0.337 e. The van der Waals surface area contributed by atoms with E-state index in [-0.39, 0.29) is 11.3 Å². The van der Waals surface area contributed by atoms with Crippen molar-refractivity contribution in [3.8, 4) is 22.7 Å². The molecule has 0 radical (unpaired) electrons. The Labute approximate surface area is 127 Å². The molecule has 2 aromatic heterocycles. The van der Waals surface area contributed by atoms with Crippen LogP contribution in [0, 0.1) is 6.92 Å². The number of hydrogen-bond donors (Lipinski definition) is 2. The number of phenolic OH excluding ortho intramolecular Hbond substituents is 1. The van der Waals surface area contributed by atoms with E-state index in [0.29, 0.717) is 11.3 Å². The number of carbonyl (C=O) groups is 1. The lowest BCUT2D eigenvalue weighted by atomic mass is 10.1. The summed E-state index contributed by atoms with van der Waals surface area (Å²) in [6, 6.07) is 12.4. The largest absolute Gasteiger partial charge is 0.507 e. The molecule has 5 nitrogen and oxygen atoms in total. The van der Waals surface area contributed by atoms with Crippen molar-refractivity contribution in [3.63, 3.8) is 0 Å². The average Bonchev–Trinajstić information content (AvgIpc) is 2.89. The number of aryl methyl sites for hydroxylation is 1. The third-order valence-corrected chi connectivity index (χ3v) is 3.48. The third-order valence-electron chi connectivity index (χ3n) is 3.48. The third kappa shape index (κ3) is 2.33. The Morgan fingerprint density at radius 3 is 2.64 bits per heavy atom. The van der Waals surface area contributed by atoms with E-state index >= 15 is 0 Å². The van der Waals surface area contributed by atoms with Crippen LogP contribution in [-0.4, -0.2) is 25.7 Å². The monoisotopic (exact) mass is 294 g/mol. The fraction of sp³-hybridized carbons (Fsp3) is 0.0588. The number of hydrogen-bond acceptors (Lipinski definition) is 3. The van der Waals surface area contributed by atoms with Gasteiger partial charge in [-0.3, -0.25) is 4.98 Å². The molecule has 0 spiro atoms. The number of aromatic carboxylic acids is 1. The van der Waals surface area contributed by atoms with Gasteiger partial charge < -0.3 is 14.8 Å². The minimum Gasteiger partial charge on any atom is -0.507 e. The van der Waals surface area contributed by atoms with E-state index in [4.69, 9.17) is 5.11 Å². The van der Waals surface area contributed by atoms with Crippen molar-refractivity contribution in [1.82, 2.24) is 9.55 Å². The standard InChI is InChI=1S/C17H14N2O3/c1-11-6-7-15(14-4-2-3-5-16(14)20)19(11)13-8-12(17(21)22)9-18-10-13/h2-10,20H,1H3,(H,21,22). The van der Waals surface area contributed by atoms with Crippen molar-refractivity contribution in [1.29, 1.82) is 0 Å². The van der Waals surface area contributed by atoms with Gasteiger partial charge in [0.1, 0.15) is 5.75 Å². The number of nitrogens with zero attached hydrogens (tertiary/aromatic N) is 2. The smallest absolute Gasteiger partial charge is 0.337 e. The second-order valence-electron chi connectivity index (χ2n) is 4.95. The highest BCUT2D eigenvalue weighted by molar-refractivity contribution is 5.88. The van der Waals surface area contributed by atoms with Gasteiger partial charge in [0.15, 0.2) is 0 Å². The van der Waals surface area contributed by atoms with E-state index < -0.39 is 5.97 Å². The number of para-hydroxylation sites is 1. The molecule has 2 N–H and O–H groups in total. The number of aromatic hydroxyl groups is 1. The first-order valence-corrected chi connectivity index (χ1v) is 6.73. The predicted molar refractivity (Wildman–Crippen MR) is 82.4 cm³/mol. The van der Waals surface area contributed by atoms with Crippen LogP contribution >= 0.6 is 0 Å². The van der Waals surface area contributed by atoms with Crippen LogP contribution in [-0.2, 0) is 0 Å². The highest BCUT2D eigenvalue weighted by Gasteiger charge is 2.14. The molecule has 22 heavy (non-hydrogen) atoms. The van der Waals surface area contributed by atoms with Crippen LogP contribution in [0.2, 0.25) is 0 Å². The van der Waals surface area contributed by atoms with E-state index in [1.165, 1.54) is 6.20 Å². The van der Waals surface area contributed by atoms with Crippen molar-refractivity contribution in [2.45, 2.75) is 6.92 Å². The molecule has 5 heteroatoms. The van der Waals surface area contributed by atoms with Gasteiger partial charge in [-0.05, 0) is 37.3 Å². The molecule has 0 unspecified atom stereocenters. The van der Waals surface area contributed by atoms with Gasteiger partial charge in [0.25, 0.3) is 0 Å². The topological polar surface area (TPSA) is 75.3 Å². The van der Waals surface area contributed by atoms with Crippen molar-refractivity contribution in [3.05, 3.63) is 66.1 Å². The molecule has 0 aliphatic rings. The van der Waals surface area contributed by atoms with E-state index in [9.17, 15) is 9.90 Å². The zero-order chi connectivity index (χ0) is 15.7. The second-order valence-corrected chi connectivity index (χ2v) is 4.95. The quantitative estimate of drug-likeness (QED) is 0.777. The van der Waals surface area contributed by atoms with E-state index in [0.717, 1.165) is 11.4 Å². The van der Waals surface area contributed by atoms with Crippen LogP contribution in [0.5, 0.6) is 5.75 Å². The second kappa shape index (κ2) is 5.37. The first-order chi connectivity index (χ1) is 10.6. The number of carboxylic acid groups (broad SMARTS) is 1. The SMILES string of the molecule is Cc1ccc(-c2ccccc2O)n1-c1cncc(C(=O)O)c1. The van der Waals surface area contributed by atoms with Gasteiger partial charge in [-0.1, -0.05) is 12.1 Å². The molecule has 0 aliphatic carbocycles. The van der Waals surface area contributed by atoms with Crippen LogP contribution < -0.4 is 0 Å². The Morgan fingerprint density at radius 1 is 1.14 bits per heavy atom. The Morgan fingerprint density at radius 2 is 1.91 bits per heavy atom. The fourth-order valence-electron chi connectivity index (χ4n) is 2.45. The highest BCUT2D eigenvalue weighted by Crippen LogP contribution is 2.32. The van der Waals surface area contributed by atoms with Crippen molar-refractivity contribution >= 4 is 5.97 Å². The van der Waals surface area contributed by atoms with E-state index in [1.54, 1.807) is 24.4 Å². The maximum atomic E-state index is 11.1. The van der Waals surface area contributed by atoms with Gasteiger partial charge in [-0.25, -0.2) is 4.79 Å². The average molecular weight is 294 g/mol.